The molecular formula is C12H12Cl2O2. The third-order valence-corrected chi connectivity index (χ3v) is 2.93. The minimum absolute atomic E-state index is 0.314. The van der Waals surface area contributed by atoms with Crippen LogP contribution < -0.4 is 0 Å². The summed E-state index contributed by atoms with van der Waals surface area (Å²) in [5.41, 5.74) is 1.40. The Labute approximate surface area is 104 Å². The highest BCUT2D eigenvalue weighted by atomic mass is 35.5. The van der Waals surface area contributed by atoms with E-state index in [-0.39, 0.29) is 0 Å². The Morgan fingerprint density at radius 3 is 2.62 bits per heavy atom. The minimum atomic E-state index is -0.933. The van der Waals surface area contributed by atoms with Crippen molar-refractivity contribution in [3.8, 4) is 0 Å². The van der Waals surface area contributed by atoms with Crippen molar-refractivity contribution < 1.29 is 9.90 Å². The molecule has 16 heavy (non-hydrogen) atoms. The Hall–Kier alpha value is -0.990. The second kappa shape index (κ2) is 5.92. The Balaban J connectivity index is 3.14. The van der Waals surface area contributed by atoms with Crippen LogP contribution in [0.15, 0.2) is 35.9 Å². The van der Waals surface area contributed by atoms with Gasteiger partial charge in [0.15, 0.2) is 0 Å². The van der Waals surface area contributed by atoms with Crippen LogP contribution in [-0.2, 0) is 4.79 Å². The van der Waals surface area contributed by atoms with Crippen LogP contribution in [0.3, 0.4) is 0 Å². The Kier molecular flexibility index (Phi) is 4.84. The lowest BCUT2D eigenvalue weighted by atomic mass is 9.97. The van der Waals surface area contributed by atoms with Gasteiger partial charge < -0.3 is 5.11 Å². The van der Waals surface area contributed by atoms with Gasteiger partial charge in [-0.2, -0.15) is 0 Å². The van der Waals surface area contributed by atoms with Crippen LogP contribution in [0.1, 0.15) is 18.4 Å². The van der Waals surface area contributed by atoms with E-state index in [1.165, 1.54) is 0 Å². The van der Waals surface area contributed by atoms with E-state index >= 15 is 0 Å². The standard InChI is InChI=1S/C12H12Cl2O2/c1-8(7-13)6-10(12(15)16)9-4-2-3-5-11(9)14/h2-6,10H,7H2,1H3,(H,15,16)/b8-6+/t10-/m0/s1. The maximum Gasteiger partial charge on any atom is 0.314 e. The minimum Gasteiger partial charge on any atom is -0.481 e. The molecule has 0 amide bonds. The molecular weight excluding hydrogens is 247 g/mol. The molecule has 1 aromatic carbocycles. The molecule has 4 heteroatoms. The van der Waals surface area contributed by atoms with E-state index in [2.05, 4.69) is 0 Å². The van der Waals surface area contributed by atoms with Crippen molar-refractivity contribution in [2.45, 2.75) is 12.8 Å². The second-order valence-electron chi connectivity index (χ2n) is 3.48. The maximum atomic E-state index is 11.2. The summed E-state index contributed by atoms with van der Waals surface area (Å²) in [7, 11) is 0. The Bertz CT molecular complexity index is 413. The molecule has 0 aliphatic carbocycles. The summed E-state index contributed by atoms with van der Waals surface area (Å²) in [6, 6.07) is 6.92. The van der Waals surface area contributed by atoms with E-state index in [0.717, 1.165) is 5.57 Å². The normalized spacial score (nSPS) is 13.6. The molecule has 2 nitrogen and oxygen atoms in total. The molecule has 0 aliphatic rings. The Morgan fingerprint density at radius 1 is 1.50 bits per heavy atom. The number of carboxylic acids is 1. The quantitative estimate of drug-likeness (QED) is 0.661. The van der Waals surface area contributed by atoms with Gasteiger partial charge in [0.1, 0.15) is 5.92 Å². The summed E-state index contributed by atoms with van der Waals surface area (Å²) in [6.45, 7) is 1.79. The number of alkyl halides is 1. The topological polar surface area (TPSA) is 37.3 Å². The number of carboxylic acid groups (broad SMARTS) is 1. The number of aliphatic carboxylic acids is 1. The van der Waals surface area contributed by atoms with Gasteiger partial charge >= 0.3 is 5.97 Å². The van der Waals surface area contributed by atoms with Gasteiger partial charge in [0.2, 0.25) is 0 Å². The molecule has 0 aliphatic heterocycles. The van der Waals surface area contributed by atoms with E-state index in [0.29, 0.717) is 16.5 Å². The zero-order valence-electron chi connectivity index (χ0n) is 8.78. The fourth-order valence-corrected chi connectivity index (χ4v) is 1.69. The molecule has 1 N–H and O–H groups in total. The van der Waals surface area contributed by atoms with Crippen molar-refractivity contribution in [3.63, 3.8) is 0 Å². The molecule has 0 bridgehead atoms. The van der Waals surface area contributed by atoms with E-state index in [1.54, 1.807) is 37.3 Å². The molecule has 0 spiro atoms. The van der Waals surface area contributed by atoms with Crippen LogP contribution in [0.4, 0.5) is 0 Å². The zero-order valence-corrected chi connectivity index (χ0v) is 10.3. The van der Waals surface area contributed by atoms with Crippen LogP contribution in [0.25, 0.3) is 0 Å². The average molecular weight is 259 g/mol. The fraction of sp³-hybridized carbons (Fsp3) is 0.250. The van der Waals surface area contributed by atoms with E-state index in [1.807, 2.05) is 0 Å². The maximum absolute atomic E-state index is 11.2. The number of allylic oxidation sites excluding steroid dienone is 1. The first-order chi connectivity index (χ1) is 7.56. The fourth-order valence-electron chi connectivity index (χ4n) is 1.35. The number of carbonyl (C=O) groups is 1. The van der Waals surface area contributed by atoms with Crippen LogP contribution in [0.2, 0.25) is 5.02 Å². The van der Waals surface area contributed by atoms with E-state index < -0.39 is 11.9 Å². The van der Waals surface area contributed by atoms with Crippen LogP contribution in [0, 0.1) is 0 Å². The van der Waals surface area contributed by atoms with Crippen molar-refractivity contribution >= 4 is 29.2 Å². The first-order valence-electron chi connectivity index (χ1n) is 4.76. The van der Waals surface area contributed by atoms with Gasteiger partial charge in [-0.05, 0) is 18.6 Å². The first-order valence-corrected chi connectivity index (χ1v) is 5.68. The smallest absolute Gasteiger partial charge is 0.314 e. The lowest BCUT2D eigenvalue weighted by Gasteiger charge is -2.11. The van der Waals surface area contributed by atoms with Gasteiger partial charge in [0.05, 0.1) is 0 Å². The second-order valence-corrected chi connectivity index (χ2v) is 4.16. The molecule has 1 aromatic rings. The number of rotatable bonds is 4. The molecule has 0 aromatic heterocycles. The highest BCUT2D eigenvalue weighted by Crippen LogP contribution is 2.26. The Morgan fingerprint density at radius 2 is 2.12 bits per heavy atom. The molecule has 0 fully saturated rings. The van der Waals surface area contributed by atoms with Gasteiger partial charge in [-0.1, -0.05) is 41.4 Å². The van der Waals surface area contributed by atoms with Crippen LogP contribution in [-0.4, -0.2) is 17.0 Å². The summed E-state index contributed by atoms with van der Waals surface area (Å²) >= 11 is 11.6. The van der Waals surface area contributed by atoms with Crippen molar-refractivity contribution in [3.05, 3.63) is 46.5 Å². The molecule has 0 heterocycles. The van der Waals surface area contributed by atoms with Gasteiger partial charge in [0.25, 0.3) is 0 Å². The van der Waals surface area contributed by atoms with Crippen molar-refractivity contribution in [2.75, 3.05) is 5.88 Å². The van der Waals surface area contributed by atoms with Crippen molar-refractivity contribution in [2.24, 2.45) is 0 Å². The van der Waals surface area contributed by atoms with Gasteiger partial charge in [-0.25, -0.2) is 0 Å². The van der Waals surface area contributed by atoms with E-state index in [4.69, 9.17) is 28.3 Å². The molecule has 0 saturated heterocycles. The summed E-state index contributed by atoms with van der Waals surface area (Å²) < 4.78 is 0. The van der Waals surface area contributed by atoms with Gasteiger partial charge in [-0.3, -0.25) is 4.79 Å². The summed E-state index contributed by atoms with van der Waals surface area (Å²) in [4.78, 5) is 11.2. The molecule has 86 valence electrons. The number of hydrogen-bond donors (Lipinski definition) is 1. The van der Waals surface area contributed by atoms with E-state index in [9.17, 15) is 4.79 Å². The summed E-state index contributed by atoms with van der Waals surface area (Å²) in [6.07, 6.45) is 1.62. The molecule has 1 atom stereocenters. The molecule has 1 rings (SSSR count). The number of hydrogen-bond acceptors (Lipinski definition) is 1. The van der Waals surface area contributed by atoms with Crippen LogP contribution in [0.5, 0.6) is 0 Å². The largest absolute Gasteiger partial charge is 0.481 e. The van der Waals surface area contributed by atoms with Gasteiger partial charge in [0, 0.05) is 10.9 Å². The SMILES string of the molecule is C/C(=C\[C@H](C(=O)O)c1ccccc1Cl)CCl. The predicted octanol–water partition coefficient (Wildman–Crippen LogP) is 3.69. The zero-order chi connectivity index (χ0) is 12.1. The summed E-state index contributed by atoms with van der Waals surface area (Å²) in [5.74, 6) is -1.36. The lowest BCUT2D eigenvalue weighted by molar-refractivity contribution is -0.137. The third-order valence-electron chi connectivity index (χ3n) is 2.17. The highest BCUT2D eigenvalue weighted by molar-refractivity contribution is 6.31. The average Bonchev–Trinajstić information content (AvgIpc) is 2.26. The number of benzene rings is 1. The predicted molar refractivity (Wildman–Crippen MR) is 66.3 cm³/mol. The highest BCUT2D eigenvalue weighted by Gasteiger charge is 2.19. The van der Waals surface area contributed by atoms with Gasteiger partial charge in [-0.15, -0.1) is 11.6 Å². The molecule has 0 saturated carbocycles. The third kappa shape index (κ3) is 3.26. The van der Waals surface area contributed by atoms with Crippen molar-refractivity contribution in [1.29, 1.82) is 0 Å². The van der Waals surface area contributed by atoms with Crippen LogP contribution >= 0.6 is 23.2 Å². The molecule has 0 unspecified atom stereocenters. The molecule has 0 radical (unpaired) electrons. The first kappa shape index (κ1) is 13.1. The summed E-state index contributed by atoms with van der Waals surface area (Å²) in [5, 5.41) is 9.60. The monoisotopic (exact) mass is 258 g/mol. The number of halogens is 2. The van der Waals surface area contributed by atoms with Crippen molar-refractivity contribution in [1.82, 2.24) is 0 Å². The lowest BCUT2D eigenvalue weighted by Crippen LogP contribution is -2.10.